The Morgan fingerprint density at radius 2 is 1.63 bits per heavy atom. The number of nitrogens with one attached hydrogen (secondary N) is 1. The molecule has 0 aliphatic heterocycles. The number of hydrogen-bond acceptors (Lipinski definition) is 1. The Morgan fingerprint density at radius 1 is 0.967 bits per heavy atom. The third-order valence-electron chi connectivity index (χ3n) is 6.64. The van der Waals surface area contributed by atoms with E-state index in [0.29, 0.717) is 5.41 Å². The summed E-state index contributed by atoms with van der Waals surface area (Å²) >= 11 is 0. The van der Waals surface area contributed by atoms with Crippen molar-refractivity contribution < 1.29 is 4.79 Å². The van der Waals surface area contributed by atoms with Crippen LogP contribution in [0.1, 0.15) is 60.3 Å². The SMILES string of the molecule is CC1=C(/C=C/C(C)=C/C=C/C(C)=C\C(=O)Nc2ccccc2)C(C)(C)CCC12CC2. The van der Waals surface area contributed by atoms with Gasteiger partial charge in [0.1, 0.15) is 0 Å². The maximum Gasteiger partial charge on any atom is 0.248 e. The summed E-state index contributed by atoms with van der Waals surface area (Å²) in [6, 6.07) is 9.50. The fourth-order valence-electron chi connectivity index (χ4n) is 4.37. The highest BCUT2D eigenvalue weighted by Crippen LogP contribution is 2.62. The Morgan fingerprint density at radius 3 is 2.30 bits per heavy atom. The number of carbonyl (C=O) groups excluding carboxylic acids is 1. The predicted octanol–water partition coefficient (Wildman–Crippen LogP) is 7.55. The van der Waals surface area contributed by atoms with Crippen molar-refractivity contribution in [2.24, 2.45) is 10.8 Å². The molecule has 2 aliphatic carbocycles. The van der Waals surface area contributed by atoms with E-state index in [-0.39, 0.29) is 11.3 Å². The fraction of sp³-hybridized carbons (Fsp3) is 0.393. The van der Waals surface area contributed by atoms with Crippen LogP contribution in [0.25, 0.3) is 0 Å². The second kappa shape index (κ2) is 9.04. The first-order valence-corrected chi connectivity index (χ1v) is 11.0. The summed E-state index contributed by atoms with van der Waals surface area (Å²) in [4.78, 5) is 12.1. The minimum Gasteiger partial charge on any atom is -0.323 e. The molecule has 2 heteroatoms. The number of hydrogen-bond donors (Lipinski definition) is 1. The van der Waals surface area contributed by atoms with E-state index in [1.54, 1.807) is 11.6 Å². The molecule has 0 unspecified atom stereocenters. The highest BCUT2D eigenvalue weighted by Gasteiger charge is 2.49. The molecule has 1 N–H and O–H groups in total. The van der Waals surface area contributed by atoms with Crippen LogP contribution in [0.5, 0.6) is 0 Å². The standard InChI is InChI=1S/C28H35NO/c1-21(14-15-25-23(3)28(18-19-28)17-16-27(25,4)5)10-9-11-22(2)20-26(30)29-24-12-7-6-8-13-24/h6-15,20H,16-19H2,1-5H3,(H,29,30)/b11-9+,15-14+,21-10+,22-20-. The van der Waals surface area contributed by atoms with Crippen molar-refractivity contribution in [3.05, 3.63) is 89.1 Å². The van der Waals surface area contributed by atoms with Crippen molar-refractivity contribution in [1.82, 2.24) is 0 Å². The van der Waals surface area contributed by atoms with E-state index in [9.17, 15) is 4.79 Å². The van der Waals surface area contributed by atoms with Crippen LogP contribution in [0, 0.1) is 10.8 Å². The van der Waals surface area contributed by atoms with Gasteiger partial charge in [-0.1, -0.05) is 73.6 Å². The Balaban J connectivity index is 1.61. The van der Waals surface area contributed by atoms with Gasteiger partial charge in [-0.05, 0) is 80.6 Å². The van der Waals surface area contributed by atoms with E-state index in [1.807, 2.05) is 49.4 Å². The third-order valence-corrected chi connectivity index (χ3v) is 6.64. The predicted molar refractivity (Wildman–Crippen MR) is 128 cm³/mol. The van der Waals surface area contributed by atoms with Gasteiger partial charge in [0, 0.05) is 11.8 Å². The molecule has 0 atom stereocenters. The van der Waals surface area contributed by atoms with E-state index in [0.717, 1.165) is 11.3 Å². The van der Waals surface area contributed by atoms with Gasteiger partial charge < -0.3 is 5.32 Å². The molecule has 1 aromatic rings. The third kappa shape index (κ3) is 5.50. The molecule has 30 heavy (non-hydrogen) atoms. The van der Waals surface area contributed by atoms with Gasteiger partial charge in [-0.25, -0.2) is 0 Å². The summed E-state index contributed by atoms with van der Waals surface area (Å²) < 4.78 is 0. The molecular formula is C28H35NO. The average molecular weight is 402 g/mol. The summed E-state index contributed by atoms with van der Waals surface area (Å²) in [5.74, 6) is -0.111. The Hall–Kier alpha value is -2.61. The number of rotatable bonds is 6. The Bertz CT molecular complexity index is 934. The highest BCUT2D eigenvalue weighted by atomic mass is 16.1. The van der Waals surface area contributed by atoms with Crippen molar-refractivity contribution in [3.8, 4) is 0 Å². The monoisotopic (exact) mass is 401 g/mol. The van der Waals surface area contributed by atoms with Crippen LogP contribution in [0.15, 0.2) is 89.1 Å². The second-order valence-electron chi connectivity index (χ2n) is 9.55. The lowest BCUT2D eigenvalue weighted by Crippen LogP contribution is -2.25. The van der Waals surface area contributed by atoms with Crippen LogP contribution in [0.4, 0.5) is 5.69 Å². The molecule has 1 aromatic carbocycles. The van der Waals surface area contributed by atoms with Crippen molar-refractivity contribution in [1.29, 1.82) is 0 Å². The number of allylic oxidation sites excluding steroid dienone is 9. The number of amides is 1. The molecule has 1 saturated carbocycles. The minimum atomic E-state index is -0.111. The van der Waals surface area contributed by atoms with Crippen LogP contribution in [0.2, 0.25) is 0 Å². The molecule has 0 aromatic heterocycles. The lowest BCUT2D eigenvalue weighted by Gasteiger charge is -2.38. The van der Waals surface area contributed by atoms with Crippen molar-refractivity contribution in [2.45, 2.75) is 60.3 Å². The van der Waals surface area contributed by atoms with Crippen LogP contribution >= 0.6 is 0 Å². The molecule has 1 spiro atoms. The van der Waals surface area contributed by atoms with E-state index in [4.69, 9.17) is 0 Å². The van der Waals surface area contributed by atoms with Gasteiger partial charge in [-0.15, -0.1) is 0 Å². The summed E-state index contributed by atoms with van der Waals surface area (Å²) in [7, 11) is 0. The Kier molecular flexibility index (Phi) is 6.65. The van der Waals surface area contributed by atoms with Gasteiger partial charge in [-0.2, -0.15) is 0 Å². The quantitative estimate of drug-likeness (QED) is 0.387. The van der Waals surface area contributed by atoms with Gasteiger partial charge in [-0.3, -0.25) is 4.79 Å². The van der Waals surface area contributed by atoms with Crippen LogP contribution in [0.3, 0.4) is 0 Å². The van der Waals surface area contributed by atoms with Gasteiger partial charge in [0.15, 0.2) is 0 Å². The molecule has 0 heterocycles. The summed E-state index contributed by atoms with van der Waals surface area (Å²) in [5, 5.41) is 2.87. The lowest BCUT2D eigenvalue weighted by atomic mass is 9.67. The van der Waals surface area contributed by atoms with Gasteiger partial charge in [0.25, 0.3) is 0 Å². The zero-order chi connectivity index (χ0) is 21.8. The zero-order valence-electron chi connectivity index (χ0n) is 19.1. The van der Waals surface area contributed by atoms with Gasteiger partial charge >= 0.3 is 0 Å². The number of benzene rings is 1. The van der Waals surface area contributed by atoms with Crippen molar-refractivity contribution in [2.75, 3.05) is 5.32 Å². The average Bonchev–Trinajstić information content (AvgIpc) is 3.47. The molecule has 0 saturated heterocycles. The molecule has 2 aliphatic rings. The normalized spacial score (nSPS) is 21.0. The molecule has 2 nitrogen and oxygen atoms in total. The minimum absolute atomic E-state index is 0.111. The fourth-order valence-corrected chi connectivity index (χ4v) is 4.37. The molecule has 1 amide bonds. The molecule has 3 rings (SSSR count). The lowest BCUT2D eigenvalue weighted by molar-refractivity contribution is -0.111. The van der Waals surface area contributed by atoms with Gasteiger partial charge in [0.2, 0.25) is 5.91 Å². The van der Waals surface area contributed by atoms with Gasteiger partial charge in [0.05, 0.1) is 0 Å². The molecule has 0 radical (unpaired) electrons. The van der Waals surface area contributed by atoms with Crippen molar-refractivity contribution in [3.63, 3.8) is 0 Å². The largest absolute Gasteiger partial charge is 0.323 e. The zero-order valence-corrected chi connectivity index (χ0v) is 19.1. The van der Waals surface area contributed by atoms with Crippen molar-refractivity contribution >= 4 is 11.6 Å². The van der Waals surface area contributed by atoms with Crippen LogP contribution in [-0.2, 0) is 4.79 Å². The number of anilines is 1. The van der Waals surface area contributed by atoms with E-state index in [2.05, 4.69) is 51.2 Å². The molecule has 0 bridgehead atoms. The smallest absolute Gasteiger partial charge is 0.248 e. The molecule has 1 fully saturated rings. The Labute approximate surface area is 182 Å². The summed E-state index contributed by atoms with van der Waals surface area (Å²) in [5.41, 5.74) is 6.85. The second-order valence-corrected chi connectivity index (χ2v) is 9.55. The summed E-state index contributed by atoms with van der Waals surface area (Å²) in [6.07, 6.45) is 17.6. The first kappa shape index (κ1) is 22.1. The maximum atomic E-state index is 12.1. The summed E-state index contributed by atoms with van der Waals surface area (Å²) in [6.45, 7) is 11.2. The molecular weight excluding hydrogens is 366 g/mol. The topological polar surface area (TPSA) is 29.1 Å². The maximum absolute atomic E-state index is 12.1. The van der Waals surface area contributed by atoms with Crippen LogP contribution in [-0.4, -0.2) is 5.91 Å². The van der Waals surface area contributed by atoms with Crippen LogP contribution < -0.4 is 5.32 Å². The number of para-hydroxylation sites is 1. The first-order chi connectivity index (χ1) is 14.2. The number of carbonyl (C=O) groups is 1. The van der Waals surface area contributed by atoms with E-state index < -0.39 is 0 Å². The first-order valence-electron chi connectivity index (χ1n) is 11.0. The van der Waals surface area contributed by atoms with E-state index in [1.165, 1.54) is 36.8 Å². The molecule has 158 valence electrons. The highest BCUT2D eigenvalue weighted by molar-refractivity contribution is 5.99. The van der Waals surface area contributed by atoms with E-state index >= 15 is 0 Å².